The number of nitrogens with zero attached hydrogens (tertiary/aromatic N) is 1. The zero-order valence-corrected chi connectivity index (χ0v) is 16.0. The van der Waals surface area contributed by atoms with Gasteiger partial charge in [-0.2, -0.15) is 0 Å². The molecule has 1 aromatic carbocycles. The lowest BCUT2D eigenvalue weighted by Gasteiger charge is -2.26. The summed E-state index contributed by atoms with van der Waals surface area (Å²) < 4.78 is 10.5. The van der Waals surface area contributed by atoms with Gasteiger partial charge in [0, 0.05) is 26.2 Å². The predicted molar refractivity (Wildman–Crippen MR) is 102 cm³/mol. The number of amides is 1. The van der Waals surface area contributed by atoms with Crippen molar-refractivity contribution >= 4 is 11.9 Å². The van der Waals surface area contributed by atoms with Crippen LogP contribution in [0.5, 0.6) is 0 Å². The number of morpholine rings is 1. The third kappa shape index (κ3) is 6.63. The molecule has 0 unspecified atom stereocenters. The van der Waals surface area contributed by atoms with Crippen molar-refractivity contribution in [3.05, 3.63) is 35.4 Å². The van der Waals surface area contributed by atoms with Gasteiger partial charge in [-0.25, -0.2) is 4.79 Å². The van der Waals surface area contributed by atoms with E-state index in [2.05, 4.69) is 10.2 Å². The highest BCUT2D eigenvalue weighted by atomic mass is 16.5. The molecule has 2 aliphatic rings. The number of hydrogen-bond acceptors (Lipinski definition) is 5. The minimum atomic E-state index is -0.458. The number of esters is 1. The smallest absolute Gasteiger partial charge is 0.338 e. The van der Waals surface area contributed by atoms with Crippen LogP contribution in [0.1, 0.15) is 48.0 Å². The van der Waals surface area contributed by atoms with Gasteiger partial charge in [-0.05, 0) is 36.5 Å². The van der Waals surface area contributed by atoms with Crippen molar-refractivity contribution in [3.8, 4) is 0 Å². The van der Waals surface area contributed by atoms with Crippen LogP contribution in [0, 0.1) is 5.92 Å². The summed E-state index contributed by atoms with van der Waals surface area (Å²) in [4.78, 5) is 26.3. The van der Waals surface area contributed by atoms with Gasteiger partial charge in [0.15, 0.2) is 6.61 Å². The number of rotatable bonds is 7. The Labute approximate surface area is 161 Å². The third-order valence-electron chi connectivity index (χ3n) is 5.35. The minimum absolute atomic E-state index is 0.221. The van der Waals surface area contributed by atoms with Crippen molar-refractivity contribution in [2.75, 3.05) is 39.5 Å². The zero-order chi connectivity index (χ0) is 18.9. The predicted octanol–water partition coefficient (Wildman–Crippen LogP) is 2.37. The van der Waals surface area contributed by atoms with Crippen molar-refractivity contribution in [3.63, 3.8) is 0 Å². The molecule has 1 heterocycles. The van der Waals surface area contributed by atoms with E-state index in [1.807, 2.05) is 12.1 Å². The maximum absolute atomic E-state index is 12.1. The molecule has 0 atom stereocenters. The molecule has 3 rings (SSSR count). The summed E-state index contributed by atoms with van der Waals surface area (Å²) in [6, 6.07) is 7.40. The van der Waals surface area contributed by atoms with Crippen LogP contribution in [0.25, 0.3) is 0 Å². The zero-order valence-electron chi connectivity index (χ0n) is 16.0. The largest absolute Gasteiger partial charge is 0.452 e. The lowest BCUT2D eigenvalue weighted by molar-refractivity contribution is -0.124. The highest BCUT2D eigenvalue weighted by Crippen LogP contribution is 2.22. The normalized spacial score (nSPS) is 18.8. The van der Waals surface area contributed by atoms with Crippen LogP contribution >= 0.6 is 0 Å². The van der Waals surface area contributed by atoms with Crippen LogP contribution in [0.4, 0.5) is 0 Å². The fraction of sp³-hybridized carbons (Fsp3) is 0.619. The maximum Gasteiger partial charge on any atom is 0.338 e. The average molecular weight is 374 g/mol. The third-order valence-corrected chi connectivity index (χ3v) is 5.35. The quantitative estimate of drug-likeness (QED) is 0.742. The van der Waals surface area contributed by atoms with Gasteiger partial charge in [-0.15, -0.1) is 0 Å². The first-order valence-corrected chi connectivity index (χ1v) is 10.0. The van der Waals surface area contributed by atoms with E-state index < -0.39 is 5.97 Å². The molecule has 27 heavy (non-hydrogen) atoms. The summed E-state index contributed by atoms with van der Waals surface area (Å²) in [5.74, 6) is -0.115. The van der Waals surface area contributed by atoms with Crippen LogP contribution in [0.3, 0.4) is 0 Å². The van der Waals surface area contributed by atoms with Gasteiger partial charge in [-0.1, -0.05) is 31.4 Å². The van der Waals surface area contributed by atoms with E-state index >= 15 is 0 Å². The molecule has 6 heteroatoms. The number of carbonyl (C=O) groups is 2. The van der Waals surface area contributed by atoms with Crippen molar-refractivity contribution in [1.29, 1.82) is 0 Å². The van der Waals surface area contributed by atoms with Gasteiger partial charge >= 0.3 is 5.97 Å². The molecule has 2 fully saturated rings. The molecule has 0 radical (unpaired) electrons. The Hall–Kier alpha value is -1.92. The summed E-state index contributed by atoms with van der Waals surface area (Å²) in [6.07, 6.45) is 6.15. The maximum atomic E-state index is 12.1. The highest BCUT2D eigenvalue weighted by Gasteiger charge is 2.16. The first-order valence-electron chi connectivity index (χ1n) is 10.0. The fourth-order valence-electron chi connectivity index (χ4n) is 3.68. The van der Waals surface area contributed by atoms with Gasteiger partial charge in [0.2, 0.25) is 0 Å². The van der Waals surface area contributed by atoms with Gasteiger partial charge in [0.05, 0.1) is 18.8 Å². The van der Waals surface area contributed by atoms with Crippen molar-refractivity contribution in [2.45, 2.75) is 38.6 Å². The minimum Gasteiger partial charge on any atom is -0.452 e. The summed E-state index contributed by atoms with van der Waals surface area (Å²) in [5, 5.41) is 2.88. The molecule has 1 amide bonds. The van der Waals surface area contributed by atoms with E-state index in [1.54, 1.807) is 12.1 Å². The van der Waals surface area contributed by atoms with Crippen LogP contribution in [-0.2, 0) is 20.8 Å². The van der Waals surface area contributed by atoms with Crippen LogP contribution < -0.4 is 5.32 Å². The lowest BCUT2D eigenvalue weighted by atomic mass is 9.89. The van der Waals surface area contributed by atoms with Crippen molar-refractivity contribution in [1.82, 2.24) is 10.2 Å². The van der Waals surface area contributed by atoms with Crippen LogP contribution in [0.15, 0.2) is 24.3 Å². The van der Waals surface area contributed by atoms with E-state index in [0.717, 1.165) is 38.4 Å². The summed E-state index contributed by atoms with van der Waals surface area (Å²) in [7, 11) is 0. The Kier molecular flexibility index (Phi) is 7.66. The Bertz CT molecular complexity index is 605. The molecule has 0 aromatic heterocycles. The van der Waals surface area contributed by atoms with E-state index in [9.17, 15) is 9.59 Å². The summed E-state index contributed by atoms with van der Waals surface area (Å²) in [6.45, 7) is 4.72. The van der Waals surface area contributed by atoms with Crippen LogP contribution in [0.2, 0.25) is 0 Å². The van der Waals surface area contributed by atoms with Gasteiger partial charge in [0.25, 0.3) is 5.91 Å². The first kappa shape index (κ1) is 19.8. The molecule has 148 valence electrons. The molecule has 1 saturated carbocycles. The molecule has 1 aliphatic heterocycles. The van der Waals surface area contributed by atoms with Gasteiger partial charge in [-0.3, -0.25) is 9.69 Å². The number of nitrogens with one attached hydrogen (secondary N) is 1. The van der Waals surface area contributed by atoms with Crippen molar-refractivity contribution in [2.24, 2.45) is 5.92 Å². The first-order chi connectivity index (χ1) is 13.2. The molecule has 1 aliphatic carbocycles. The number of benzene rings is 1. The Balaban J connectivity index is 1.37. The van der Waals surface area contributed by atoms with E-state index in [1.165, 1.54) is 32.1 Å². The topological polar surface area (TPSA) is 67.9 Å². The van der Waals surface area contributed by atoms with E-state index in [4.69, 9.17) is 9.47 Å². The molecule has 0 spiro atoms. The molecule has 6 nitrogen and oxygen atoms in total. The summed E-state index contributed by atoms with van der Waals surface area (Å²) in [5.41, 5.74) is 1.62. The Morgan fingerprint density at radius 3 is 2.48 bits per heavy atom. The number of hydrogen-bond donors (Lipinski definition) is 1. The summed E-state index contributed by atoms with van der Waals surface area (Å²) >= 11 is 0. The average Bonchev–Trinajstić information content (AvgIpc) is 2.72. The van der Waals surface area contributed by atoms with Gasteiger partial charge in [0.1, 0.15) is 0 Å². The second-order valence-corrected chi connectivity index (χ2v) is 7.47. The van der Waals surface area contributed by atoms with Gasteiger partial charge < -0.3 is 14.8 Å². The van der Waals surface area contributed by atoms with E-state index in [0.29, 0.717) is 18.0 Å². The van der Waals surface area contributed by atoms with E-state index in [-0.39, 0.29) is 12.5 Å². The number of carbonyl (C=O) groups excluding carboxylic acids is 2. The molecular weight excluding hydrogens is 344 g/mol. The Morgan fingerprint density at radius 2 is 1.78 bits per heavy atom. The second-order valence-electron chi connectivity index (χ2n) is 7.47. The number of ether oxygens (including phenoxy) is 2. The monoisotopic (exact) mass is 374 g/mol. The van der Waals surface area contributed by atoms with Crippen molar-refractivity contribution < 1.29 is 19.1 Å². The molecule has 1 aromatic rings. The molecule has 1 saturated heterocycles. The Morgan fingerprint density at radius 1 is 1.07 bits per heavy atom. The second kappa shape index (κ2) is 10.4. The standard InChI is InChI=1S/C21H30N2O4/c24-20(22-14-17-4-2-1-3-5-17)16-27-21(25)19-8-6-18(7-9-19)15-23-10-12-26-13-11-23/h6-9,17H,1-5,10-16H2,(H,22,24). The van der Waals surface area contributed by atoms with Crippen LogP contribution in [-0.4, -0.2) is 56.2 Å². The fourth-order valence-corrected chi connectivity index (χ4v) is 3.68. The lowest BCUT2D eigenvalue weighted by Crippen LogP contribution is -2.35. The molecule has 0 bridgehead atoms. The highest BCUT2D eigenvalue weighted by molar-refractivity contribution is 5.91. The SMILES string of the molecule is O=C(COC(=O)c1ccc(CN2CCOCC2)cc1)NCC1CCCCC1. The molecule has 1 N–H and O–H groups in total. The molecular formula is C21H30N2O4.